The van der Waals surface area contributed by atoms with E-state index in [1.54, 1.807) is 0 Å². The Morgan fingerprint density at radius 2 is 1.82 bits per heavy atom. The van der Waals surface area contributed by atoms with Gasteiger partial charge in [0.2, 0.25) is 0 Å². The Morgan fingerprint density at radius 3 is 2.18 bits per heavy atom. The molecule has 0 unspecified atom stereocenters. The van der Waals surface area contributed by atoms with Gasteiger partial charge in [0.15, 0.2) is 0 Å². The summed E-state index contributed by atoms with van der Waals surface area (Å²) in [4.78, 5) is 0. The standard InChI is InChI=1S/C9H12.C5H5.ClH.Fe.Mg/c1-2-3-6-9-7-4-5-8-9;1-2-4-5-3-1;;;/h4-5,7-8H,1-3,6H2;1-5H;1H;;/q-2;-1;;2*+2/p-1. The minimum atomic E-state index is 0. The number of halogens is 1. The van der Waals surface area contributed by atoms with Crippen LogP contribution in [0.1, 0.15) is 19.3 Å². The molecule has 0 nitrogen and oxygen atoms in total. The second kappa shape index (κ2) is 16.5. The van der Waals surface area contributed by atoms with Gasteiger partial charge in [-0.3, -0.25) is 0 Å². The Bertz CT molecular complexity index is 209. The zero-order valence-corrected chi connectivity index (χ0v) is 13.2. The van der Waals surface area contributed by atoms with Gasteiger partial charge in [-0.1, -0.05) is 18.8 Å². The number of hydrogen-bond acceptors (Lipinski definition) is 0. The number of unbranched alkanes of at least 4 members (excludes halogenated alkanes) is 1. The van der Waals surface area contributed by atoms with E-state index < -0.39 is 0 Å². The second-order valence-corrected chi connectivity index (χ2v) is 3.21. The number of rotatable bonds is 3. The van der Waals surface area contributed by atoms with Crippen LogP contribution in [0.15, 0.2) is 42.5 Å². The van der Waals surface area contributed by atoms with Crippen LogP contribution in [0.5, 0.6) is 0 Å². The van der Waals surface area contributed by atoms with E-state index in [0.717, 1.165) is 6.42 Å². The van der Waals surface area contributed by atoms with Crippen molar-refractivity contribution in [3.63, 3.8) is 0 Å². The Morgan fingerprint density at radius 1 is 1.18 bits per heavy atom. The van der Waals surface area contributed by atoms with Crippen LogP contribution in [0.4, 0.5) is 0 Å². The van der Waals surface area contributed by atoms with Gasteiger partial charge in [0.25, 0.3) is 0 Å². The van der Waals surface area contributed by atoms with Gasteiger partial charge in [-0.25, -0.2) is 30.7 Å². The Hall–Kier alpha value is 0.536. The van der Waals surface area contributed by atoms with E-state index in [0.29, 0.717) is 0 Å². The molecule has 0 saturated carbocycles. The third kappa shape index (κ3) is 12.8. The maximum absolute atomic E-state index is 3.79. The zero-order chi connectivity index (χ0) is 10.1. The van der Waals surface area contributed by atoms with Crippen LogP contribution in [0.3, 0.4) is 0 Å². The Labute approximate surface area is 139 Å². The third-order valence-corrected chi connectivity index (χ3v) is 2.00. The number of hydrogen-bond donors (Lipinski definition) is 0. The summed E-state index contributed by atoms with van der Waals surface area (Å²) in [5.41, 5.74) is 0. The molecule has 2 rings (SSSR count). The molecule has 0 amide bonds. The smallest absolute Gasteiger partial charge is 1.00 e. The van der Waals surface area contributed by atoms with Crippen LogP contribution in [-0.2, 0) is 17.1 Å². The molecule has 0 aromatic heterocycles. The van der Waals surface area contributed by atoms with Gasteiger partial charge in [-0.05, 0) is 0 Å². The molecule has 0 N–H and O–H groups in total. The predicted molar refractivity (Wildman–Crippen MR) is 68.0 cm³/mol. The van der Waals surface area contributed by atoms with Gasteiger partial charge in [0.1, 0.15) is 0 Å². The van der Waals surface area contributed by atoms with E-state index in [1.807, 2.05) is 30.3 Å². The molecule has 0 atom stereocenters. The average Bonchev–Trinajstić information content (AvgIpc) is 2.90. The van der Waals surface area contributed by atoms with Crippen LogP contribution in [0.25, 0.3) is 0 Å². The molecule has 0 aliphatic heterocycles. The van der Waals surface area contributed by atoms with Crippen molar-refractivity contribution >= 4 is 23.1 Å². The molecule has 0 saturated heterocycles. The van der Waals surface area contributed by atoms with Gasteiger partial charge < -0.3 is 19.3 Å². The zero-order valence-electron chi connectivity index (χ0n) is 9.96. The molecule has 0 spiro atoms. The second-order valence-electron chi connectivity index (χ2n) is 3.21. The Balaban J connectivity index is -0.000000216. The van der Waals surface area contributed by atoms with Crippen molar-refractivity contribution in [2.75, 3.05) is 0 Å². The van der Waals surface area contributed by atoms with Crippen molar-refractivity contribution in [1.82, 2.24) is 0 Å². The van der Waals surface area contributed by atoms with E-state index in [2.05, 4.69) is 31.9 Å². The summed E-state index contributed by atoms with van der Waals surface area (Å²) >= 11 is 0. The largest absolute Gasteiger partial charge is 2.00 e. The van der Waals surface area contributed by atoms with Crippen LogP contribution in [0.2, 0.25) is 0 Å². The molecule has 1 aromatic carbocycles. The van der Waals surface area contributed by atoms with Crippen LogP contribution >= 0.6 is 0 Å². The average molecular weight is 301 g/mol. The Kier molecular flexibility index (Phi) is 22.1. The van der Waals surface area contributed by atoms with E-state index in [1.165, 1.54) is 18.8 Å². The molecule has 0 heterocycles. The first-order valence-electron chi connectivity index (χ1n) is 5.10. The summed E-state index contributed by atoms with van der Waals surface area (Å²) in [5, 5.41) is 0. The fourth-order valence-corrected chi connectivity index (χ4v) is 1.23. The van der Waals surface area contributed by atoms with E-state index in [9.17, 15) is 0 Å². The summed E-state index contributed by atoms with van der Waals surface area (Å²) in [7, 11) is 0. The fraction of sp³-hybridized carbons (Fsp3) is 0.214. The van der Waals surface area contributed by atoms with E-state index in [4.69, 9.17) is 0 Å². The molecule has 17 heavy (non-hydrogen) atoms. The van der Waals surface area contributed by atoms with Gasteiger partial charge in [0, 0.05) is 0 Å². The van der Waals surface area contributed by atoms with Crippen LogP contribution < -0.4 is 12.4 Å². The third-order valence-electron chi connectivity index (χ3n) is 2.00. The first kappa shape index (κ1) is 22.7. The van der Waals surface area contributed by atoms with Gasteiger partial charge >= 0.3 is 40.1 Å². The van der Waals surface area contributed by atoms with Crippen molar-refractivity contribution in [3.05, 3.63) is 68.2 Å². The SMILES string of the molecule is [CH2-]CCC[C]1[CH]C=C[CH-]1.[Cl-].[Fe+2].[Mg+2].c1cc[cH-]c1. The molecule has 90 valence electrons. The maximum Gasteiger partial charge on any atom is 2.00 e. The van der Waals surface area contributed by atoms with Crippen LogP contribution in [0, 0.1) is 25.7 Å². The number of allylic oxidation sites excluding steroid dienone is 2. The molecule has 0 fully saturated rings. The maximum atomic E-state index is 3.79. The van der Waals surface area contributed by atoms with Crippen molar-refractivity contribution in [2.45, 2.75) is 19.3 Å². The molecule has 3 heteroatoms. The summed E-state index contributed by atoms with van der Waals surface area (Å²) in [6, 6.07) is 10.0. The summed E-state index contributed by atoms with van der Waals surface area (Å²) < 4.78 is 0. The molecular weight excluding hydrogens is 284 g/mol. The summed E-state index contributed by atoms with van der Waals surface area (Å²) in [5.74, 6) is 1.44. The first-order chi connectivity index (χ1) is 6.93. The van der Waals surface area contributed by atoms with Gasteiger partial charge in [-0.15, -0.1) is 6.42 Å². The van der Waals surface area contributed by atoms with E-state index in [-0.39, 0.29) is 52.5 Å². The van der Waals surface area contributed by atoms with E-state index >= 15 is 0 Å². The van der Waals surface area contributed by atoms with Crippen molar-refractivity contribution in [1.29, 1.82) is 0 Å². The molecule has 1 aliphatic carbocycles. The van der Waals surface area contributed by atoms with Gasteiger partial charge in [0.05, 0.1) is 0 Å². The van der Waals surface area contributed by atoms with Crippen molar-refractivity contribution in [3.8, 4) is 0 Å². The van der Waals surface area contributed by atoms with Crippen molar-refractivity contribution in [2.24, 2.45) is 0 Å². The molecule has 0 bridgehead atoms. The molecule has 1 aromatic rings. The topological polar surface area (TPSA) is 0 Å². The summed E-state index contributed by atoms with van der Waals surface area (Å²) in [6.45, 7) is 3.79. The van der Waals surface area contributed by atoms with Gasteiger partial charge in [-0.2, -0.15) is 24.6 Å². The minimum Gasteiger partial charge on any atom is -1.00 e. The van der Waals surface area contributed by atoms with Crippen LogP contribution in [-0.4, -0.2) is 23.1 Å². The summed E-state index contributed by atoms with van der Waals surface area (Å²) in [6.07, 6.45) is 11.9. The predicted octanol–water partition coefficient (Wildman–Crippen LogP) is 0.570. The quantitative estimate of drug-likeness (QED) is 0.566. The fourth-order valence-electron chi connectivity index (χ4n) is 1.23. The van der Waals surface area contributed by atoms with Crippen molar-refractivity contribution < 1.29 is 29.5 Å². The molecular formula is C14H17ClFeMg. The normalized spacial score (nSPS) is 12.1. The molecule has 2 radical (unpaired) electrons. The monoisotopic (exact) mass is 300 g/mol. The minimum absolute atomic E-state index is 0. The first-order valence-corrected chi connectivity index (χ1v) is 5.10. The molecule has 1 aliphatic rings.